The van der Waals surface area contributed by atoms with Gasteiger partial charge in [0.25, 0.3) is 0 Å². The lowest BCUT2D eigenvalue weighted by molar-refractivity contribution is -0.146. The van der Waals surface area contributed by atoms with Crippen LogP contribution in [-0.4, -0.2) is 27.2 Å². The third-order valence-electron chi connectivity index (χ3n) is 1.29. The summed E-state index contributed by atoms with van der Waals surface area (Å²) in [5.41, 5.74) is 0. The molecule has 0 aromatic heterocycles. The molecule has 1 aliphatic rings. The van der Waals surface area contributed by atoms with Crippen molar-refractivity contribution in [2.45, 2.75) is 23.1 Å². The summed E-state index contributed by atoms with van der Waals surface area (Å²) in [5, 5.41) is 8.95. The van der Waals surface area contributed by atoms with Crippen LogP contribution in [0.3, 0.4) is 0 Å². The lowest BCUT2D eigenvalue weighted by Gasteiger charge is -2.03. The molecule has 0 unspecified atom stereocenters. The molecule has 4 heteroatoms. The summed E-state index contributed by atoms with van der Waals surface area (Å²) < 4.78 is 4.60. The van der Waals surface area contributed by atoms with E-state index in [0.717, 1.165) is 0 Å². The summed E-state index contributed by atoms with van der Waals surface area (Å²) in [4.78, 5) is 10.5. The molecule has 1 heterocycles. The summed E-state index contributed by atoms with van der Waals surface area (Å²) in [6.07, 6.45) is -1.06. The van der Waals surface area contributed by atoms with Gasteiger partial charge in [-0.3, -0.25) is 0 Å². The van der Waals surface area contributed by atoms with Gasteiger partial charge in [-0.15, -0.1) is 0 Å². The van der Waals surface area contributed by atoms with Crippen molar-refractivity contribution >= 4 is 28.6 Å². The van der Waals surface area contributed by atoms with Crippen LogP contribution in [0.1, 0.15) is 6.92 Å². The first-order valence-electron chi connectivity index (χ1n) is 2.65. The van der Waals surface area contributed by atoms with Gasteiger partial charge in [-0.1, -0.05) is 22.6 Å². The lowest BCUT2D eigenvalue weighted by Crippen LogP contribution is -2.23. The molecule has 1 rings (SSSR count). The molecule has 1 fully saturated rings. The minimum atomic E-state index is -0.916. The quantitative estimate of drug-likeness (QED) is 0.372. The Balaban J connectivity index is 2.65. The van der Waals surface area contributed by atoms with Crippen LogP contribution in [0.4, 0.5) is 0 Å². The minimum Gasteiger partial charge on any atom is -0.459 e. The second-order valence-corrected chi connectivity index (χ2v) is 3.47. The average molecular weight is 242 g/mol. The Bertz CT molecular complexity index is 136. The number of cyclic esters (lactones) is 1. The highest BCUT2D eigenvalue weighted by atomic mass is 127. The van der Waals surface area contributed by atoms with Crippen LogP contribution >= 0.6 is 22.6 Å². The molecule has 9 heavy (non-hydrogen) atoms. The van der Waals surface area contributed by atoms with E-state index in [1.165, 1.54) is 0 Å². The van der Waals surface area contributed by atoms with Crippen molar-refractivity contribution in [2.24, 2.45) is 0 Å². The molecule has 1 saturated heterocycles. The summed E-state index contributed by atoms with van der Waals surface area (Å²) >= 11 is 2.00. The van der Waals surface area contributed by atoms with E-state index < -0.39 is 12.1 Å². The fourth-order valence-corrected chi connectivity index (χ4v) is 1.15. The van der Waals surface area contributed by atoms with Gasteiger partial charge in [0.2, 0.25) is 0 Å². The van der Waals surface area contributed by atoms with Gasteiger partial charge in [-0.25, -0.2) is 4.79 Å². The summed E-state index contributed by atoms with van der Waals surface area (Å²) in [6, 6.07) is 0. The van der Waals surface area contributed by atoms with E-state index in [9.17, 15) is 4.79 Å². The van der Waals surface area contributed by atoms with E-state index >= 15 is 0 Å². The summed E-state index contributed by atoms with van der Waals surface area (Å²) in [7, 11) is 0. The monoisotopic (exact) mass is 242 g/mol. The Hall–Kier alpha value is 0.160. The van der Waals surface area contributed by atoms with Crippen molar-refractivity contribution in [3.05, 3.63) is 0 Å². The highest BCUT2D eigenvalue weighted by molar-refractivity contribution is 14.1. The molecule has 1 aliphatic heterocycles. The van der Waals surface area contributed by atoms with E-state index in [1.807, 2.05) is 22.6 Å². The molecule has 0 radical (unpaired) electrons. The second kappa shape index (κ2) is 2.42. The number of rotatable bonds is 0. The highest BCUT2D eigenvalue weighted by Gasteiger charge is 2.38. The van der Waals surface area contributed by atoms with Gasteiger partial charge >= 0.3 is 5.97 Å². The van der Waals surface area contributed by atoms with Crippen molar-refractivity contribution < 1.29 is 14.6 Å². The zero-order chi connectivity index (χ0) is 7.02. The van der Waals surface area contributed by atoms with Crippen LogP contribution in [0.15, 0.2) is 0 Å². The first kappa shape index (κ1) is 7.27. The number of halogens is 1. The Morgan fingerprint density at radius 2 is 2.33 bits per heavy atom. The summed E-state index contributed by atoms with van der Waals surface area (Å²) in [5.74, 6) is -0.498. The summed E-state index contributed by atoms with van der Waals surface area (Å²) in [6.45, 7) is 1.77. The Morgan fingerprint density at radius 1 is 1.78 bits per heavy atom. The topological polar surface area (TPSA) is 46.5 Å². The van der Waals surface area contributed by atoms with Gasteiger partial charge in [0.15, 0.2) is 6.10 Å². The van der Waals surface area contributed by atoms with Crippen LogP contribution < -0.4 is 0 Å². The maximum Gasteiger partial charge on any atom is 0.336 e. The van der Waals surface area contributed by atoms with Gasteiger partial charge in [0.05, 0.1) is 3.92 Å². The smallest absolute Gasteiger partial charge is 0.336 e. The number of aliphatic hydroxyl groups is 1. The fraction of sp³-hybridized carbons (Fsp3) is 0.800. The van der Waals surface area contributed by atoms with Crippen molar-refractivity contribution in [3.8, 4) is 0 Å². The van der Waals surface area contributed by atoms with Gasteiger partial charge in [-0.05, 0) is 6.92 Å². The lowest BCUT2D eigenvalue weighted by atomic mass is 10.2. The number of carbonyl (C=O) groups excluding carboxylic acids is 1. The molecule has 0 amide bonds. The Morgan fingerprint density at radius 3 is 2.44 bits per heavy atom. The molecule has 0 spiro atoms. The van der Waals surface area contributed by atoms with Crippen molar-refractivity contribution in [2.75, 3.05) is 0 Å². The number of esters is 1. The maximum absolute atomic E-state index is 10.5. The van der Waals surface area contributed by atoms with Gasteiger partial charge in [-0.2, -0.15) is 0 Å². The number of alkyl halides is 1. The molecule has 0 aromatic carbocycles. The molecular weight excluding hydrogens is 235 g/mol. The first-order chi connectivity index (χ1) is 4.13. The van der Waals surface area contributed by atoms with E-state index in [4.69, 9.17) is 5.11 Å². The number of hydrogen-bond donors (Lipinski definition) is 1. The van der Waals surface area contributed by atoms with Crippen molar-refractivity contribution in [3.63, 3.8) is 0 Å². The van der Waals surface area contributed by atoms with Crippen LogP contribution in [0, 0.1) is 0 Å². The van der Waals surface area contributed by atoms with E-state index in [2.05, 4.69) is 4.74 Å². The van der Waals surface area contributed by atoms with Crippen molar-refractivity contribution in [1.82, 2.24) is 0 Å². The third-order valence-corrected chi connectivity index (χ3v) is 2.99. The maximum atomic E-state index is 10.5. The van der Waals surface area contributed by atoms with Gasteiger partial charge in [0.1, 0.15) is 6.10 Å². The number of hydrogen-bond acceptors (Lipinski definition) is 3. The minimum absolute atomic E-state index is 0.0879. The fourth-order valence-electron chi connectivity index (χ4n) is 0.705. The average Bonchev–Trinajstić information content (AvgIpc) is 1.98. The van der Waals surface area contributed by atoms with E-state index in [-0.39, 0.29) is 10.0 Å². The molecule has 3 nitrogen and oxygen atoms in total. The number of aliphatic hydroxyl groups excluding tert-OH is 1. The van der Waals surface area contributed by atoms with Crippen LogP contribution in [0.5, 0.6) is 0 Å². The third kappa shape index (κ3) is 1.19. The molecule has 3 atom stereocenters. The predicted octanol–water partition coefficient (Wildman–Crippen LogP) is 0.0962. The Kier molecular flexibility index (Phi) is 1.95. The molecule has 52 valence electrons. The van der Waals surface area contributed by atoms with Crippen molar-refractivity contribution in [1.29, 1.82) is 0 Å². The second-order valence-electron chi connectivity index (χ2n) is 2.03. The van der Waals surface area contributed by atoms with Gasteiger partial charge in [0, 0.05) is 0 Å². The molecule has 0 aliphatic carbocycles. The van der Waals surface area contributed by atoms with Crippen LogP contribution in [0.25, 0.3) is 0 Å². The van der Waals surface area contributed by atoms with Crippen LogP contribution in [0.2, 0.25) is 0 Å². The number of carbonyl (C=O) groups is 1. The zero-order valence-corrected chi connectivity index (χ0v) is 7.03. The van der Waals surface area contributed by atoms with Crippen LogP contribution in [-0.2, 0) is 9.53 Å². The Labute approximate surface area is 66.5 Å². The van der Waals surface area contributed by atoms with Gasteiger partial charge < -0.3 is 9.84 Å². The first-order valence-corrected chi connectivity index (χ1v) is 3.90. The molecule has 0 aromatic rings. The SMILES string of the molecule is C[C@@H]1OC(=O)[C@H](O)[C@H]1I. The van der Waals surface area contributed by atoms with E-state index in [1.54, 1.807) is 6.92 Å². The van der Waals surface area contributed by atoms with E-state index in [0.29, 0.717) is 0 Å². The normalized spacial score (nSPS) is 43.0. The molecule has 1 N–H and O–H groups in total. The predicted molar refractivity (Wildman–Crippen MR) is 39.4 cm³/mol. The zero-order valence-electron chi connectivity index (χ0n) is 4.87. The molecular formula is C5H7IO3. The number of ether oxygens (including phenoxy) is 1. The molecule has 0 bridgehead atoms. The highest BCUT2D eigenvalue weighted by Crippen LogP contribution is 2.22. The standard InChI is InChI=1S/C5H7IO3/c1-2-3(6)4(7)5(8)9-2/h2-4,7H,1H3/t2-,3-,4+/m0/s1. The molecule has 0 saturated carbocycles. The largest absolute Gasteiger partial charge is 0.459 e.